The highest BCUT2D eigenvalue weighted by Gasteiger charge is 2.18. The first kappa shape index (κ1) is 15.0. The van der Waals surface area contributed by atoms with Gasteiger partial charge < -0.3 is 5.73 Å². The van der Waals surface area contributed by atoms with E-state index in [9.17, 15) is 8.42 Å². The van der Waals surface area contributed by atoms with E-state index in [0.29, 0.717) is 10.2 Å². The molecule has 0 bridgehead atoms. The Hall–Kier alpha value is -1.38. The average molecular weight is 359 g/mol. The second kappa shape index (κ2) is 5.55. The number of nitrogen functional groups attached to an aromatic ring is 1. The molecule has 6 nitrogen and oxygen atoms in total. The maximum absolute atomic E-state index is 12.3. The number of nitrogens with zero attached hydrogens (tertiary/aromatic N) is 2. The molecule has 0 unspecified atom stereocenters. The van der Waals surface area contributed by atoms with Crippen molar-refractivity contribution in [3.63, 3.8) is 0 Å². The number of hydrogen-bond donors (Lipinski definition) is 2. The van der Waals surface area contributed by atoms with Crippen LogP contribution >= 0.6 is 15.9 Å². The summed E-state index contributed by atoms with van der Waals surface area (Å²) in [5.74, 6) is 0. The quantitative estimate of drug-likeness (QED) is 0.811. The Morgan fingerprint density at radius 3 is 2.75 bits per heavy atom. The summed E-state index contributed by atoms with van der Waals surface area (Å²) in [6, 6.07) is 4.66. The number of sulfonamides is 1. The number of anilines is 1. The van der Waals surface area contributed by atoms with Gasteiger partial charge in [-0.05, 0) is 41.1 Å². The fraction of sp³-hybridized carbons (Fsp3) is 0.250. The van der Waals surface area contributed by atoms with Crippen LogP contribution in [-0.4, -0.2) is 18.2 Å². The van der Waals surface area contributed by atoms with Gasteiger partial charge in [-0.3, -0.25) is 4.68 Å². The van der Waals surface area contributed by atoms with Gasteiger partial charge >= 0.3 is 0 Å². The van der Waals surface area contributed by atoms with E-state index < -0.39 is 10.0 Å². The molecule has 0 spiro atoms. The summed E-state index contributed by atoms with van der Waals surface area (Å²) in [6.45, 7) is 2.02. The van der Waals surface area contributed by atoms with Crippen molar-refractivity contribution in [2.75, 3.05) is 5.73 Å². The van der Waals surface area contributed by atoms with Crippen molar-refractivity contribution < 1.29 is 8.42 Å². The Balaban J connectivity index is 2.23. The molecule has 20 heavy (non-hydrogen) atoms. The molecule has 1 aromatic heterocycles. The average Bonchev–Trinajstić information content (AvgIpc) is 2.68. The van der Waals surface area contributed by atoms with Crippen LogP contribution in [0, 0.1) is 6.92 Å². The molecule has 0 aliphatic carbocycles. The zero-order valence-electron chi connectivity index (χ0n) is 11.1. The van der Waals surface area contributed by atoms with E-state index >= 15 is 0 Å². The van der Waals surface area contributed by atoms with E-state index in [0.717, 1.165) is 11.3 Å². The fourth-order valence-corrected chi connectivity index (χ4v) is 3.80. The highest BCUT2D eigenvalue weighted by molar-refractivity contribution is 9.10. The summed E-state index contributed by atoms with van der Waals surface area (Å²) in [7, 11) is -1.84. The van der Waals surface area contributed by atoms with Crippen molar-refractivity contribution in [1.82, 2.24) is 14.5 Å². The minimum Gasteiger partial charge on any atom is -0.399 e. The van der Waals surface area contributed by atoms with Crippen LogP contribution in [-0.2, 0) is 23.6 Å². The molecule has 108 valence electrons. The van der Waals surface area contributed by atoms with Crippen molar-refractivity contribution in [2.45, 2.75) is 18.4 Å². The second-order valence-corrected chi connectivity index (χ2v) is 7.02. The number of aromatic nitrogens is 2. The summed E-state index contributed by atoms with van der Waals surface area (Å²) in [5, 5.41) is 4.17. The van der Waals surface area contributed by atoms with Crippen molar-refractivity contribution in [3.05, 3.63) is 40.1 Å². The Morgan fingerprint density at radius 1 is 1.45 bits per heavy atom. The van der Waals surface area contributed by atoms with Gasteiger partial charge in [-0.2, -0.15) is 5.10 Å². The van der Waals surface area contributed by atoms with E-state index in [1.54, 1.807) is 30.1 Å². The Bertz CT molecular complexity index is 740. The van der Waals surface area contributed by atoms with Crippen LogP contribution in [0.15, 0.2) is 33.8 Å². The van der Waals surface area contributed by atoms with Crippen LogP contribution in [0.25, 0.3) is 0 Å². The number of nitrogens with two attached hydrogens (primary N) is 1. The minimum absolute atomic E-state index is 0.124. The third-order valence-corrected chi connectivity index (χ3v) is 5.21. The lowest BCUT2D eigenvalue weighted by Gasteiger charge is -2.08. The van der Waals surface area contributed by atoms with Crippen LogP contribution in [0.2, 0.25) is 0 Å². The molecule has 3 N–H and O–H groups in total. The molecule has 0 aliphatic rings. The predicted molar refractivity (Wildman–Crippen MR) is 80.5 cm³/mol. The molecule has 1 aromatic carbocycles. The van der Waals surface area contributed by atoms with Gasteiger partial charge in [-0.1, -0.05) is 0 Å². The van der Waals surface area contributed by atoms with Crippen LogP contribution in [0.5, 0.6) is 0 Å². The molecule has 2 aromatic rings. The SMILES string of the molecule is Cc1nn(C)cc1CNS(=O)(=O)c1cc(N)ccc1Br. The summed E-state index contributed by atoms with van der Waals surface area (Å²) < 4.78 is 29.2. The van der Waals surface area contributed by atoms with Gasteiger partial charge in [0.05, 0.1) is 10.6 Å². The number of hydrogen-bond acceptors (Lipinski definition) is 4. The summed E-state index contributed by atoms with van der Waals surface area (Å²) >= 11 is 3.22. The summed E-state index contributed by atoms with van der Waals surface area (Å²) in [5.41, 5.74) is 7.65. The lowest BCUT2D eigenvalue weighted by atomic mass is 10.3. The lowest BCUT2D eigenvalue weighted by molar-refractivity contribution is 0.580. The van der Waals surface area contributed by atoms with Crippen LogP contribution in [0.4, 0.5) is 5.69 Å². The predicted octanol–water partition coefficient (Wildman–Crippen LogP) is 1.55. The smallest absolute Gasteiger partial charge is 0.242 e. The van der Waals surface area contributed by atoms with E-state index in [4.69, 9.17) is 5.73 Å². The zero-order chi connectivity index (χ0) is 14.9. The first-order chi connectivity index (χ1) is 9.29. The van der Waals surface area contributed by atoms with Crippen LogP contribution < -0.4 is 10.5 Å². The molecule has 0 aliphatic heterocycles. The molecule has 0 saturated carbocycles. The highest BCUT2D eigenvalue weighted by atomic mass is 79.9. The molecular weight excluding hydrogens is 344 g/mol. The standard InChI is InChI=1S/C12H15BrN4O2S/c1-8-9(7-17(2)16-8)6-15-20(18,19)12-5-10(14)3-4-11(12)13/h3-5,7,15H,6,14H2,1-2H3. The summed E-state index contributed by atoms with van der Waals surface area (Å²) in [6.07, 6.45) is 1.78. The highest BCUT2D eigenvalue weighted by Crippen LogP contribution is 2.24. The van der Waals surface area contributed by atoms with E-state index in [2.05, 4.69) is 25.8 Å². The largest absolute Gasteiger partial charge is 0.399 e. The Morgan fingerprint density at radius 2 is 2.15 bits per heavy atom. The fourth-order valence-electron chi connectivity index (χ4n) is 1.80. The number of benzene rings is 1. The molecule has 2 rings (SSSR count). The molecule has 0 amide bonds. The first-order valence-electron chi connectivity index (χ1n) is 5.83. The minimum atomic E-state index is -3.63. The second-order valence-electron chi connectivity index (χ2n) is 4.43. The molecule has 0 atom stereocenters. The van der Waals surface area contributed by atoms with Gasteiger partial charge in [-0.15, -0.1) is 0 Å². The molecule has 0 fully saturated rings. The lowest BCUT2D eigenvalue weighted by Crippen LogP contribution is -2.24. The Kier molecular flexibility index (Phi) is 4.17. The number of rotatable bonds is 4. The van der Waals surface area contributed by atoms with Gasteiger partial charge in [-0.25, -0.2) is 13.1 Å². The normalized spacial score (nSPS) is 11.8. The van der Waals surface area contributed by atoms with Crippen molar-refractivity contribution in [2.24, 2.45) is 7.05 Å². The maximum Gasteiger partial charge on any atom is 0.242 e. The van der Waals surface area contributed by atoms with Crippen molar-refractivity contribution in [3.8, 4) is 0 Å². The van der Waals surface area contributed by atoms with Gasteiger partial charge in [0.1, 0.15) is 0 Å². The monoisotopic (exact) mass is 358 g/mol. The van der Waals surface area contributed by atoms with Gasteiger partial charge in [0.25, 0.3) is 0 Å². The maximum atomic E-state index is 12.3. The van der Waals surface area contributed by atoms with E-state index in [1.807, 2.05) is 6.92 Å². The zero-order valence-corrected chi connectivity index (χ0v) is 13.5. The van der Waals surface area contributed by atoms with Gasteiger partial charge in [0.2, 0.25) is 10.0 Å². The topological polar surface area (TPSA) is 90.0 Å². The number of halogens is 1. The van der Waals surface area contributed by atoms with E-state index in [1.165, 1.54) is 6.07 Å². The molecule has 8 heteroatoms. The van der Waals surface area contributed by atoms with Crippen LogP contribution in [0.3, 0.4) is 0 Å². The number of aryl methyl sites for hydroxylation is 2. The Labute approximate surface area is 126 Å². The van der Waals surface area contributed by atoms with Crippen molar-refractivity contribution >= 4 is 31.6 Å². The summed E-state index contributed by atoms with van der Waals surface area (Å²) in [4.78, 5) is 0.124. The van der Waals surface area contributed by atoms with E-state index in [-0.39, 0.29) is 11.4 Å². The third kappa shape index (κ3) is 3.20. The molecule has 0 radical (unpaired) electrons. The third-order valence-electron chi connectivity index (χ3n) is 2.81. The molecule has 1 heterocycles. The van der Waals surface area contributed by atoms with Crippen molar-refractivity contribution in [1.29, 1.82) is 0 Å². The number of nitrogens with one attached hydrogen (secondary N) is 1. The van der Waals surface area contributed by atoms with Gasteiger partial charge in [0, 0.05) is 35.5 Å². The molecule has 0 saturated heterocycles. The molecular formula is C12H15BrN4O2S. The van der Waals surface area contributed by atoms with Crippen LogP contribution in [0.1, 0.15) is 11.3 Å². The first-order valence-corrected chi connectivity index (χ1v) is 8.11. The van der Waals surface area contributed by atoms with Gasteiger partial charge in [0.15, 0.2) is 0 Å².